The van der Waals surface area contributed by atoms with Crippen LogP contribution in [0.15, 0.2) is 45.3 Å². The molecule has 1 heterocycles. The van der Waals surface area contributed by atoms with Gasteiger partial charge in [0.25, 0.3) is 0 Å². The van der Waals surface area contributed by atoms with Gasteiger partial charge in [-0.3, -0.25) is 0 Å². The first-order valence-electron chi connectivity index (χ1n) is 4.52. The quantitative estimate of drug-likeness (QED) is 0.509. The highest BCUT2D eigenvalue weighted by Gasteiger charge is 2.08. The number of para-hydroxylation sites is 1. The number of fused-ring (bicyclic) bond motifs is 3. The van der Waals surface area contributed by atoms with Crippen molar-refractivity contribution >= 4 is 60.5 Å². The summed E-state index contributed by atoms with van der Waals surface area (Å²) in [4.78, 5) is 0. The Morgan fingerprint density at radius 3 is 2.80 bits per heavy atom. The predicted molar refractivity (Wildman–Crippen MR) is 74.1 cm³/mol. The Labute approximate surface area is 109 Å². The van der Waals surface area contributed by atoms with Gasteiger partial charge in [-0.25, -0.2) is 0 Å². The Morgan fingerprint density at radius 1 is 1.07 bits per heavy atom. The fourth-order valence-corrected chi connectivity index (χ4v) is 2.71. The van der Waals surface area contributed by atoms with Crippen molar-refractivity contribution in [1.82, 2.24) is 0 Å². The highest BCUT2D eigenvalue weighted by atomic mass is 127. The molecule has 0 aliphatic heterocycles. The third kappa shape index (κ3) is 1.49. The molecule has 2 aromatic carbocycles. The number of halogens is 2. The lowest BCUT2D eigenvalue weighted by Crippen LogP contribution is -1.70. The van der Waals surface area contributed by atoms with E-state index in [1.807, 2.05) is 12.1 Å². The van der Waals surface area contributed by atoms with Crippen LogP contribution in [0.3, 0.4) is 0 Å². The molecule has 15 heavy (non-hydrogen) atoms. The van der Waals surface area contributed by atoms with Crippen molar-refractivity contribution in [3.05, 3.63) is 44.4 Å². The molecule has 0 amide bonds. The zero-order chi connectivity index (χ0) is 10.4. The first kappa shape index (κ1) is 9.66. The van der Waals surface area contributed by atoms with Crippen LogP contribution in [-0.4, -0.2) is 0 Å². The third-order valence-electron chi connectivity index (χ3n) is 2.41. The zero-order valence-corrected chi connectivity index (χ0v) is 11.4. The van der Waals surface area contributed by atoms with Crippen molar-refractivity contribution in [2.75, 3.05) is 0 Å². The second-order valence-electron chi connectivity index (χ2n) is 3.36. The molecule has 3 heteroatoms. The summed E-state index contributed by atoms with van der Waals surface area (Å²) in [7, 11) is 0. The van der Waals surface area contributed by atoms with Gasteiger partial charge >= 0.3 is 0 Å². The van der Waals surface area contributed by atoms with Crippen molar-refractivity contribution in [2.45, 2.75) is 0 Å². The summed E-state index contributed by atoms with van der Waals surface area (Å²) in [5, 5.41) is 2.34. The van der Waals surface area contributed by atoms with E-state index in [1.54, 1.807) is 0 Å². The smallest absolute Gasteiger partial charge is 0.148 e. The Kier molecular flexibility index (Phi) is 2.25. The molecule has 0 atom stereocenters. The first-order valence-corrected chi connectivity index (χ1v) is 6.39. The second-order valence-corrected chi connectivity index (χ2v) is 5.44. The summed E-state index contributed by atoms with van der Waals surface area (Å²) in [5.74, 6) is 0. The largest absolute Gasteiger partial charge is 0.455 e. The lowest BCUT2D eigenvalue weighted by atomic mass is 10.2. The maximum Gasteiger partial charge on any atom is 0.148 e. The molecule has 0 aliphatic carbocycles. The summed E-state index contributed by atoms with van der Waals surface area (Å²) < 4.78 is 8.04. The summed E-state index contributed by atoms with van der Waals surface area (Å²) in [6.45, 7) is 0. The van der Waals surface area contributed by atoms with Crippen LogP contribution in [0.2, 0.25) is 0 Å². The molecule has 0 saturated heterocycles. The molecule has 0 spiro atoms. The molecule has 3 rings (SSSR count). The van der Waals surface area contributed by atoms with Crippen molar-refractivity contribution in [1.29, 1.82) is 0 Å². The lowest BCUT2D eigenvalue weighted by Gasteiger charge is -1.91. The van der Waals surface area contributed by atoms with E-state index in [2.05, 4.69) is 62.8 Å². The van der Waals surface area contributed by atoms with Crippen molar-refractivity contribution < 1.29 is 4.42 Å². The molecular formula is C12H6BrIO. The maximum absolute atomic E-state index is 5.81. The molecule has 0 saturated carbocycles. The summed E-state index contributed by atoms with van der Waals surface area (Å²) >= 11 is 5.77. The standard InChI is InChI=1S/C12H6BrIO/c13-7-4-5-11-9(6-7)8-2-1-3-10(14)12(8)15-11/h1-6H. The van der Waals surface area contributed by atoms with Crippen molar-refractivity contribution in [3.63, 3.8) is 0 Å². The molecule has 1 nitrogen and oxygen atoms in total. The van der Waals surface area contributed by atoms with Gasteiger partial charge in [0.15, 0.2) is 0 Å². The highest BCUT2D eigenvalue weighted by molar-refractivity contribution is 14.1. The number of benzene rings is 2. The van der Waals surface area contributed by atoms with Crippen LogP contribution in [0.1, 0.15) is 0 Å². The van der Waals surface area contributed by atoms with E-state index in [9.17, 15) is 0 Å². The van der Waals surface area contributed by atoms with E-state index in [4.69, 9.17) is 4.42 Å². The summed E-state index contributed by atoms with van der Waals surface area (Å²) in [6.07, 6.45) is 0. The molecule has 74 valence electrons. The van der Waals surface area contributed by atoms with Crippen LogP contribution in [0.5, 0.6) is 0 Å². The number of furan rings is 1. The van der Waals surface area contributed by atoms with Gasteiger partial charge in [-0.2, -0.15) is 0 Å². The molecule has 1 aromatic heterocycles. The Morgan fingerprint density at radius 2 is 1.93 bits per heavy atom. The van der Waals surface area contributed by atoms with Crippen LogP contribution in [0, 0.1) is 3.57 Å². The van der Waals surface area contributed by atoms with E-state index in [1.165, 1.54) is 5.39 Å². The van der Waals surface area contributed by atoms with E-state index in [0.29, 0.717) is 0 Å². The summed E-state index contributed by atoms with van der Waals surface area (Å²) in [5.41, 5.74) is 1.92. The van der Waals surface area contributed by atoms with Gasteiger partial charge in [-0.1, -0.05) is 28.1 Å². The Hall–Kier alpha value is -0.550. The molecule has 0 N–H and O–H groups in total. The average molecular weight is 373 g/mol. The van der Waals surface area contributed by atoms with E-state index >= 15 is 0 Å². The van der Waals surface area contributed by atoms with Crippen molar-refractivity contribution in [2.24, 2.45) is 0 Å². The molecule has 0 radical (unpaired) electrons. The van der Waals surface area contributed by atoms with Crippen LogP contribution < -0.4 is 0 Å². The topological polar surface area (TPSA) is 13.1 Å². The van der Waals surface area contributed by atoms with Crippen LogP contribution in [-0.2, 0) is 0 Å². The van der Waals surface area contributed by atoms with Gasteiger partial charge in [-0.05, 0) is 46.9 Å². The Bertz CT molecular complexity index is 657. The normalized spacial score (nSPS) is 11.3. The monoisotopic (exact) mass is 372 g/mol. The van der Waals surface area contributed by atoms with Gasteiger partial charge in [-0.15, -0.1) is 0 Å². The van der Waals surface area contributed by atoms with Crippen molar-refractivity contribution in [3.8, 4) is 0 Å². The predicted octanol–water partition coefficient (Wildman–Crippen LogP) is 4.95. The third-order valence-corrected chi connectivity index (χ3v) is 3.75. The van der Waals surface area contributed by atoms with Gasteiger partial charge < -0.3 is 4.42 Å². The number of hydrogen-bond donors (Lipinski definition) is 0. The molecule has 0 unspecified atom stereocenters. The Balaban J connectivity index is 2.58. The maximum atomic E-state index is 5.81. The van der Waals surface area contributed by atoms with E-state index in [0.717, 1.165) is 24.6 Å². The lowest BCUT2D eigenvalue weighted by molar-refractivity contribution is 0.666. The minimum absolute atomic E-state index is 0.942. The SMILES string of the molecule is Brc1ccc2oc3c(I)cccc3c2c1. The molecular weight excluding hydrogens is 367 g/mol. The minimum atomic E-state index is 0.942. The molecule has 3 aromatic rings. The highest BCUT2D eigenvalue weighted by Crippen LogP contribution is 2.32. The van der Waals surface area contributed by atoms with E-state index in [-0.39, 0.29) is 0 Å². The van der Waals surface area contributed by atoms with Gasteiger partial charge in [0.05, 0.1) is 3.57 Å². The van der Waals surface area contributed by atoms with Gasteiger partial charge in [0.2, 0.25) is 0 Å². The van der Waals surface area contributed by atoms with Gasteiger partial charge in [0, 0.05) is 15.2 Å². The van der Waals surface area contributed by atoms with Crippen LogP contribution in [0.4, 0.5) is 0 Å². The van der Waals surface area contributed by atoms with Crippen LogP contribution >= 0.6 is 38.5 Å². The fourth-order valence-electron chi connectivity index (χ4n) is 1.74. The number of rotatable bonds is 0. The average Bonchev–Trinajstić information content (AvgIpc) is 2.58. The zero-order valence-electron chi connectivity index (χ0n) is 7.63. The first-order chi connectivity index (χ1) is 7.25. The van der Waals surface area contributed by atoms with Crippen LogP contribution in [0.25, 0.3) is 21.9 Å². The molecule has 0 fully saturated rings. The molecule has 0 aliphatic rings. The fraction of sp³-hybridized carbons (Fsp3) is 0. The van der Waals surface area contributed by atoms with E-state index < -0.39 is 0 Å². The summed E-state index contributed by atoms with van der Waals surface area (Å²) in [6, 6.07) is 12.3. The second kappa shape index (κ2) is 3.49. The number of hydrogen-bond acceptors (Lipinski definition) is 1. The minimum Gasteiger partial charge on any atom is -0.455 e. The molecule has 0 bridgehead atoms. The van der Waals surface area contributed by atoms with Gasteiger partial charge in [0.1, 0.15) is 11.2 Å².